The van der Waals surface area contributed by atoms with Gasteiger partial charge in [0.15, 0.2) is 0 Å². The Labute approximate surface area is 120 Å². The summed E-state index contributed by atoms with van der Waals surface area (Å²) in [5, 5.41) is 3.23. The number of aryl methyl sites for hydroxylation is 2. The molecule has 0 aliphatic heterocycles. The molecule has 1 aromatic carbocycles. The number of thiophene rings is 1. The summed E-state index contributed by atoms with van der Waals surface area (Å²) in [5.74, 6) is 0. The van der Waals surface area contributed by atoms with E-state index in [-0.39, 0.29) is 5.38 Å². The van der Waals surface area contributed by atoms with Crippen molar-refractivity contribution in [1.29, 1.82) is 0 Å². The molecule has 0 spiro atoms. The molecule has 0 nitrogen and oxygen atoms in total. The Bertz CT molecular complexity index is 546. The van der Waals surface area contributed by atoms with Gasteiger partial charge >= 0.3 is 0 Å². The molecule has 0 N–H and O–H groups in total. The van der Waals surface area contributed by atoms with Crippen LogP contribution in [0, 0.1) is 13.8 Å². The molecule has 0 bridgehead atoms. The van der Waals surface area contributed by atoms with Crippen molar-refractivity contribution in [1.82, 2.24) is 0 Å². The number of rotatable bonds is 2. The highest BCUT2D eigenvalue weighted by Gasteiger charge is 2.18. The van der Waals surface area contributed by atoms with Crippen LogP contribution in [0.25, 0.3) is 0 Å². The molecule has 2 aromatic rings. The molecule has 0 saturated heterocycles. The van der Waals surface area contributed by atoms with Gasteiger partial charge in [0.25, 0.3) is 0 Å². The zero-order valence-corrected chi connectivity index (χ0v) is 12.5. The van der Waals surface area contributed by atoms with Crippen molar-refractivity contribution in [3.8, 4) is 0 Å². The molecule has 0 fully saturated rings. The summed E-state index contributed by atoms with van der Waals surface area (Å²) < 4.78 is 0. The van der Waals surface area contributed by atoms with E-state index in [9.17, 15) is 0 Å². The maximum absolute atomic E-state index is 6.49. The van der Waals surface area contributed by atoms with Crippen LogP contribution in [0.3, 0.4) is 0 Å². The molecule has 1 unspecified atom stereocenters. The Morgan fingerprint density at radius 3 is 2.35 bits per heavy atom. The number of halogens is 3. The molecule has 1 heterocycles. The van der Waals surface area contributed by atoms with E-state index in [4.69, 9.17) is 34.8 Å². The number of hydrogen-bond acceptors (Lipinski definition) is 1. The minimum absolute atomic E-state index is 0.210. The minimum Gasteiger partial charge on any atom is -0.145 e. The van der Waals surface area contributed by atoms with Crippen molar-refractivity contribution in [2.45, 2.75) is 19.2 Å². The summed E-state index contributed by atoms with van der Waals surface area (Å²) in [7, 11) is 0. The van der Waals surface area contributed by atoms with E-state index in [2.05, 4.69) is 0 Å². The van der Waals surface area contributed by atoms with Crippen molar-refractivity contribution >= 4 is 46.1 Å². The Hall–Kier alpha value is -0.210. The zero-order valence-electron chi connectivity index (χ0n) is 9.43. The van der Waals surface area contributed by atoms with E-state index in [0.717, 1.165) is 31.6 Å². The number of hydrogen-bond donors (Lipinski definition) is 0. The molecule has 17 heavy (non-hydrogen) atoms. The number of alkyl halides is 1. The first kappa shape index (κ1) is 13.2. The summed E-state index contributed by atoms with van der Waals surface area (Å²) >= 11 is 20.3. The Morgan fingerprint density at radius 2 is 1.76 bits per heavy atom. The molecular weight excluding hydrogens is 295 g/mol. The molecule has 0 radical (unpaired) electrons. The van der Waals surface area contributed by atoms with Crippen LogP contribution in [0.2, 0.25) is 10.0 Å². The fraction of sp³-hybridized carbons (Fsp3) is 0.231. The molecular formula is C13H11Cl3S. The van der Waals surface area contributed by atoms with Crippen LogP contribution in [0.1, 0.15) is 26.9 Å². The van der Waals surface area contributed by atoms with E-state index in [0.29, 0.717) is 0 Å². The lowest BCUT2D eigenvalue weighted by Gasteiger charge is -2.14. The normalized spacial score (nSPS) is 12.8. The molecule has 1 atom stereocenters. The van der Waals surface area contributed by atoms with Gasteiger partial charge in [-0.2, -0.15) is 0 Å². The topological polar surface area (TPSA) is 0 Å². The van der Waals surface area contributed by atoms with Crippen LogP contribution in [0.15, 0.2) is 23.6 Å². The summed E-state index contributed by atoms with van der Waals surface area (Å²) in [5.41, 5.74) is 3.19. The standard InChI is InChI=1S/C13H11Cl3S/c1-7-6-11(15)8(2)5-9(7)12(16)13-10(14)3-4-17-13/h3-6,12H,1-2H3. The lowest BCUT2D eigenvalue weighted by molar-refractivity contribution is 1.13. The van der Waals surface area contributed by atoms with E-state index in [1.807, 2.05) is 37.4 Å². The second kappa shape index (κ2) is 5.19. The lowest BCUT2D eigenvalue weighted by atomic mass is 10.0. The third kappa shape index (κ3) is 2.63. The summed E-state index contributed by atoms with van der Waals surface area (Å²) in [6.07, 6.45) is 0. The molecule has 0 aliphatic rings. The van der Waals surface area contributed by atoms with Crippen LogP contribution in [-0.4, -0.2) is 0 Å². The van der Waals surface area contributed by atoms with Gasteiger partial charge in [-0.1, -0.05) is 29.3 Å². The monoisotopic (exact) mass is 304 g/mol. The quantitative estimate of drug-likeness (QED) is 0.597. The van der Waals surface area contributed by atoms with Gasteiger partial charge in [0.1, 0.15) is 0 Å². The Kier molecular flexibility index (Phi) is 4.04. The van der Waals surface area contributed by atoms with Crippen molar-refractivity contribution in [2.24, 2.45) is 0 Å². The maximum atomic E-state index is 6.49. The van der Waals surface area contributed by atoms with Gasteiger partial charge in [-0.15, -0.1) is 22.9 Å². The van der Waals surface area contributed by atoms with Crippen LogP contribution < -0.4 is 0 Å². The highest BCUT2D eigenvalue weighted by atomic mass is 35.5. The third-order valence-electron chi connectivity index (χ3n) is 2.70. The second-order valence-corrected chi connectivity index (χ2v) is 6.15. The van der Waals surface area contributed by atoms with Gasteiger partial charge in [-0.25, -0.2) is 0 Å². The molecule has 90 valence electrons. The molecule has 1 aromatic heterocycles. The van der Waals surface area contributed by atoms with E-state index in [1.165, 1.54) is 0 Å². The lowest BCUT2D eigenvalue weighted by Crippen LogP contribution is -1.96. The second-order valence-electron chi connectivity index (χ2n) is 3.95. The first-order valence-corrected chi connectivity index (χ1v) is 7.21. The molecule has 0 aliphatic carbocycles. The largest absolute Gasteiger partial charge is 0.145 e. The average molecular weight is 306 g/mol. The highest BCUT2D eigenvalue weighted by molar-refractivity contribution is 7.11. The highest BCUT2D eigenvalue weighted by Crippen LogP contribution is 2.39. The average Bonchev–Trinajstić information content (AvgIpc) is 2.69. The van der Waals surface area contributed by atoms with Crippen molar-refractivity contribution in [3.05, 3.63) is 55.2 Å². The number of benzene rings is 1. The molecule has 0 amide bonds. The van der Waals surface area contributed by atoms with Crippen molar-refractivity contribution in [3.63, 3.8) is 0 Å². The fourth-order valence-electron chi connectivity index (χ4n) is 1.70. The van der Waals surface area contributed by atoms with Crippen LogP contribution in [0.4, 0.5) is 0 Å². The van der Waals surface area contributed by atoms with Gasteiger partial charge in [0.05, 0.1) is 10.4 Å². The molecule has 2 rings (SSSR count). The van der Waals surface area contributed by atoms with E-state index in [1.54, 1.807) is 11.3 Å². The third-order valence-corrected chi connectivity index (χ3v) is 5.11. The first-order chi connectivity index (χ1) is 8.00. The van der Waals surface area contributed by atoms with Gasteiger partial charge in [-0.05, 0) is 48.1 Å². The SMILES string of the molecule is Cc1cc(C(Cl)c2sccc2Cl)c(C)cc1Cl. The van der Waals surface area contributed by atoms with E-state index >= 15 is 0 Å². The predicted octanol–water partition coefficient (Wildman–Crippen LogP) is 6.00. The van der Waals surface area contributed by atoms with Gasteiger partial charge in [0, 0.05) is 9.90 Å². The van der Waals surface area contributed by atoms with E-state index < -0.39 is 0 Å². The molecule has 4 heteroatoms. The summed E-state index contributed by atoms with van der Waals surface area (Å²) in [6.45, 7) is 3.99. The van der Waals surface area contributed by atoms with Crippen LogP contribution in [0.5, 0.6) is 0 Å². The van der Waals surface area contributed by atoms with Crippen molar-refractivity contribution < 1.29 is 0 Å². The maximum Gasteiger partial charge on any atom is 0.0945 e. The molecule has 0 saturated carbocycles. The van der Waals surface area contributed by atoms with Gasteiger partial charge in [0.2, 0.25) is 0 Å². The zero-order chi connectivity index (χ0) is 12.6. The predicted molar refractivity (Wildman–Crippen MR) is 78.0 cm³/mol. The van der Waals surface area contributed by atoms with Gasteiger partial charge in [-0.3, -0.25) is 0 Å². The fourth-order valence-corrected chi connectivity index (χ4v) is 3.64. The minimum atomic E-state index is -0.210. The summed E-state index contributed by atoms with van der Waals surface area (Å²) in [4.78, 5) is 0.984. The first-order valence-electron chi connectivity index (χ1n) is 5.14. The van der Waals surface area contributed by atoms with Crippen LogP contribution >= 0.6 is 46.1 Å². The van der Waals surface area contributed by atoms with Crippen molar-refractivity contribution in [2.75, 3.05) is 0 Å². The Balaban J connectivity index is 2.48. The van der Waals surface area contributed by atoms with Gasteiger partial charge < -0.3 is 0 Å². The van der Waals surface area contributed by atoms with Crippen LogP contribution in [-0.2, 0) is 0 Å². The summed E-state index contributed by atoms with van der Waals surface area (Å²) in [6, 6.07) is 5.85. The smallest absolute Gasteiger partial charge is 0.0945 e. The Morgan fingerprint density at radius 1 is 1.06 bits per heavy atom.